The van der Waals surface area contributed by atoms with Crippen molar-refractivity contribution in [3.8, 4) is 0 Å². The summed E-state index contributed by atoms with van der Waals surface area (Å²) in [5, 5.41) is 6.62. The van der Waals surface area contributed by atoms with Crippen LogP contribution < -0.4 is 5.73 Å². The van der Waals surface area contributed by atoms with Crippen molar-refractivity contribution in [2.24, 2.45) is 5.73 Å². The summed E-state index contributed by atoms with van der Waals surface area (Å²) in [5.74, 6) is -0.326. The molecule has 1 aromatic heterocycles. The van der Waals surface area contributed by atoms with Gasteiger partial charge in [-0.2, -0.15) is 5.10 Å². The van der Waals surface area contributed by atoms with Crippen LogP contribution in [0.1, 0.15) is 17.7 Å². The van der Waals surface area contributed by atoms with E-state index in [-0.39, 0.29) is 12.3 Å². The third-order valence-corrected chi connectivity index (χ3v) is 1.49. The second kappa shape index (κ2) is 3.71. The molecule has 0 spiro atoms. The first-order valence-corrected chi connectivity index (χ1v) is 3.65. The summed E-state index contributed by atoms with van der Waals surface area (Å²) >= 11 is 0. The Hall–Kier alpha value is -1.58. The van der Waals surface area contributed by atoms with E-state index in [0.717, 1.165) is 11.3 Å². The molecule has 0 aliphatic carbocycles. The van der Waals surface area contributed by atoms with E-state index >= 15 is 0 Å². The van der Waals surface area contributed by atoms with E-state index in [1.807, 2.05) is 13.0 Å². The smallest absolute Gasteiger partial charge is 0.221 e. The zero-order valence-corrected chi connectivity index (χ0v) is 6.87. The van der Waals surface area contributed by atoms with Crippen LogP contribution in [0.5, 0.6) is 0 Å². The highest BCUT2D eigenvalue weighted by Gasteiger charge is 1.94. The molecule has 0 saturated heterocycles. The Morgan fingerprint density at radius 1 is 1.83 bits per heavy atom. The van der Waals surface area contributed by atoms with Crippen LogP contribution in [-0.2, 0) is 4.79 Å². The molecule has 1 amide bonds. The fourth-order valence-corrected chi connectivity index (χ4v) is 0.830. The van der Waals surface area contributed by atoms with Crippen molar-refractivity contribution < 1.29 is 4.79 Å². The highest BCUT2D eigenvalue weighted by Crippen LogP contribution is 2.04. The number of primary amides is 1. The van der Waals surface area contributed by atoms with Crippen LogP contribution in [0.4, 0.5) is 0 Å². The van der Waals surface area contributed by atoms with Gasteiger partial charge in [0.05, 0.1) is 6.20 Å². The first kappa shape index (κ1) is 8.52. The van der Waals surface area contributed by atoms with E-state index in [4.69, 9.17) is 5.73 Å². The minimum atomic E-state index is -0.326. The number of amides is 1. The topological polar surface area (TPSA) is 71.8 Å². The summed E-state index contributed by atoms with van der Waals surface area (Å²) in [7, 11) is 0. The Labute approximate surface area is 70.5 Å². The summed E-state index contributed by atoms with van der Waals surface area (Å²) in [6.45, 7) is 1.91. The van der Waals surface area contributed by atoms with Gasteiger partial charge >= 0.3 is 0 Å². The molecule has 0 saturated carbocycles. The minimum Gasteiger partial charge on any atom is -0.369 e. The molecule has 4 heteroatoms. The van der Waals surface area contributed by atoms with Crippen molar-refractivity contribution in [3.05, 3.63) is 23.5 Å². The molecule has 0 aliphatic rings. The molecular weight excluding hydrogens is 154 g/mol. The monoisotopic (exact) mass is 165 g/mol. The molecule has 1 aromatic rings. The number of carbonyl (C=O) groups excluding carboxylic acids is 1. The van der Waals surface area contributed by atoms with Crippen LogP contribution in [-0.4, -0.2) is 16.1 Å². The van der Waals surface area contributed by atoms with Crippen LogP contribution in [0.15, 0.2) is 12.3 Å². The molecule has 12 heavy (non-hydrogen) atoms. The lowest BCUT2D eigenvalue weighted by atomic mass is 10.2. The van der Waals surface area contributed by atoms with Crippen LogP contribution in [0.3, 0.4) is 0 Å². The molecule has 1 rings (SSSR count). The second-order valence-electron chi connectivity index (χ2n) is 2.52. The number of nitrogens with one attached hydrogen (secondary N) is 1. The number of hydrogen-bond donors (Lipinski definition) is 2. The number of aryl methyl sites for hydroxylation is 1. The van der Waals surface area contributed by atoms with Gasteiger partial charge in [0.15, 0.2) is 0 Å². The van der Waals surface area contributed by atoms with E-state index in [1.165, 1.54) is 0 Å². The first-order valence-electron chi connectivity index (χ1n) is 3.65. The molecule has 64 valence electrons. The Bertz CT molecular complexity index is 301. The molecule has 0 aromatic carbocycles. The maximum absolute atomic E-state index is 10.4. The Morgan fingerprint density at radius 3 is 3.08 bits per heavy atom. The van der Waals surface area contributed by atoms with E-state index in [2.05, 4.69) is 10.2 Å². The number of nitrogens with zero attached hydrogens (tertiary/aromatic N) is 1. The highest BCUT2D eigenvalue weighted by atomic mass is 16.1. The fraction of sp³-hybridized carbons (Fsp3) is 0.250. The maximum Gasteiger partial charge on any atom is 0.221 e. The van der Waals surface area contributed by atoms with Gasteiger partial charge in [0.2, 0.25) is 5.91 Å². The molecule has 0 radical (unpaired) electrons. The van der Waals surface area contributed by atoms with Gasteiger partial charge < -0.3 is 5.73 Å². The maximum atomic E-state index is 10.4. The van der Waals surface area contributed by atoms with Crippen molar-refractivity contribution in [3.63, 3.8) is 0 Å². The normalized spacial score (nSPS) is 10.8. The Morgan fingerprint density at radius 2 is 2.58 bits per heavy atom. The van der Waals surface area contributed by atoms with Gasteiger partial charge in [0.1, 0.15) is 0 Å². The van der Waals surface area contributed by atoms with Crippen LogP contribution in [0, 0.1) is 6.92 Å². The Kier molecular flexibility index (Phi) is 2.63. The van der Waals surface area contributed by atoms with Gasteiger partial charge in [0, 0.05) is 17.7 Å². The van der Waals surface area contributed by atoms with Crippen LogP contribution in [0.25, 0.3) is 6.08 Å². The van der Waals surface area contributed by atoms with E-state index in [1.54, 1.807) is 12.3 Å². The number of nitrogens with two attached hydrogens (primary N) is 1. The molecule has 0 bridgehead atoms. The van der Waals surface area contributed by atoms with Gasteiger partial charge in [0.25, 0.3) is 0 Å². The average Bonchev–Trinajstić information content (AvgIpc) is 2.36. The Balaban J connectivity index is 2.57. The third-order valence-electron chi connectivity index (χ3n) is 1.49. The summed E-state index contributed by atoms with van der Waals surface area (Å²) in [6.07, 6.45) is 5.52. The molecule has 0 aliphatic heterocycles. The highest BCUT2D eigenvalue weighted by molar-refractivity contribution is 5.76. The zero-order valence-electron chi connectivity index (χ0n) is 6.87. The van der Waals surface area contributed by atoms with E-state index in [9.17, 15) is 4.79 Å². The van der Waals surface area contributed by atoms with Gasteiger partial charge in [-0.1, -0.05) is 12.2 Å². The molecular formula is C8H11N3O. The predicted molar refractivity (Wildman–Crippen MR) is 46.2 cm³/mol. The van der Waals surface area contributed by atoms with Crippen molar-refractivity contribution in [1.82, 2.24) is 10.2 Å². The van der Waals surface area contributed by atoms with Crippen LogP contribution in [0.2, 0.25) is 0 Å². The third kappa shape index (κ3) is 2.23. The number of H-pyrrole nitrogens is 1. The van der Waals surface area contributed by atoms with Crippen molar-refractivity contribution >= 4 is 12.0 Å². The molecule has 1 heterocycles. The van der Waals surface area contributed by atoms with E-state index in [0.29, 0.717) is 0 Å². The van der Waals surface area contributed by atoms with Gasteiger partial charge in [-0.25, -0.2) is 0 Å². The zero-order chi connectivity index (χ0) is 8.97. The predicted octanol–water partition coefficient (Wildman–Crippen LogP) is 0.607. The second-order valence-corrected chi connectivity index (χ2v) is 2.52. The lowest BCUT2D eigenvalue weighted by molar-refractivity contribution is -0.117. The number of aromatic nitrogens is 2. The van der Waals surface area contributed by atoms with E-state index < -0.39 is 0 Å². The summed E-state index contributed by atoms with van der Waals surface area (Å²) in [6, 6.07) is 0. The standard InChI is InChI=1S/C8H11N3O/c1-6-7(5-10-11-6)3-2-4-8(9)12/h2-3,5H,4H2,1H3,(H2,9,12)(H,10,11). The van der Waals surface area contributed by atoms with Crippen molar-refractivity contribution in [1.29, 1.82) is 0 Å². The fourth-order valence-electron chi connectivity index (χ4n) is 0.830. The van der Waals surface area contributed by atoms with Gasteiger partial charge in [-0.3, -0.25) is 9.89 Å². The lowest BCUT2D eigenvalue weighted by Gasteiger charge is -1.87. The number of carbonyl (C=O) groups is 1. The summed E-state index contributed by atoms with van der Waals surface area (Å²) < 4.78 is 0. The van der Waals surface area contributed by atoms with Crippen molar-refractivity contribution in [2.75, 3.05) is 0 Å². The molecule has 4 nitrogen and oxygen atoms in total. The number of hydrogen-bond acceptors (Lipinski definition) is 2. The molecule has 3 N–H and O–H groups in total. The molecule has 0 atom stereocenters. The quantitative estimate of drug-likeness (QED) is 0.688. The lowest BCUT2D eigenvalue weighted by Crippen LogP contribution is -2.07. The SMILES string of the molecule is Cc1[nH]ncc1C=CCC(N)=O. The molecule has 0 unspecified atom stereocenters. The number of rotatable bonds is 3. The summed E-state index contributed by atoms with van der Waals surface area (Å²) in [4.78, 5) is 10.4. The number of aromatic amines is 1. The first-order chi connectivity index (χ1) is 5.70. The van der Waals surface area contributed by atoms with Crippen molar-refractivity contribution in [2.45, 2.75) is 13.3 Å². The van der Waals surface area contributed by atoms with Crippen LogP contribution >= 0.6 is 0 Å². The minimum absolute atomic E-state index is 0.268. The largest absolute Gasteiger partial charge is 0.369 e. The molecule has 0 fully saturated rings. The van der Waals surface area contributed by atoms with Gasteiger partial charge in [-0.15, -0.1) is 0 Å². The summed E-state index contributed by atoms with van der Waals surface area (Å²) in [5.41, 5.74) is 6.92. The van der Waals surface area contributed by atoms with Gasteiger partial charge in [-0.05, 0) is 6.92 Å². The average molecular weight is 165 g/mol.